The van der Waals surface area contributed by atoms with Crippen LogP contribution in [0, 0.1) is 23.7 Å². The molecule has 18 heavy (non-hydrogen) atoms. The average Bonchev–Trinajstić information content (AvgIpc) is 2.98. The topological polar surface area (TPSA) is 55.1 Å². The molecule has 3 nitrogen and oxygen atoms in total. The van der Waals surface area contributed by atoms with E-state index < -0.39 is 0 Å². The van der Waals surface area contributed by atoms with Gasteiger partial charge in [0, 0.05) is 12.5 Å². The zero-order chi connectivity index (χ0) is 13.0. The van der Waals surface area contributed by atoms with Crippen LogP contribution in [0.25, 0.3) is 0 Å². The van der Waals surface area contributed by atoms with Gasteiger partial charge in [0.1, 0.15) is 0 Å². The molecule has 2 bridgehead atoms. The van der Waals surface area contributed by atoms with Crippen molar-refractivity contribution in [3.05, 3.63) is 0 Å². The zero-order valence-electron chi connectivity index (χ0n) is 11.7. The highest BCUT2D eigenvalue weighted by Crippen LogP contribution is 2.48. The van der Waals surface area contributed by atoms with Gasteiger partial charge >= 0.3 is 0 Å². The Morgan fingerprint density at radius 3 is 2.72 bits per heavy atom. The molecular formula is C15H28N2O. The first kappa shape index (κ1) is 13.9. The standard InChI is InChI=1S/C15H28N2O/c1-2-3-11(6-7-16)10-17-15(18)14-9-12-4-5-13(14)8-12/h11-14H,2-10,16H2,1H3,(H,17,18). The van der Waals surface area contributed by atoms with Crippen molar-refractivity contribution < 1.29 is 4.79 Å². The van der Waals surface area contributed by atoms with Gasteiger partial charge in [0.15, 0.2) is 0 Å². The van der Waals surface area contributed by atoms with Crippen molar-refractivity contribution in [2.45, 2.75) is 51.9 Å². The van der Waals surface area contributed by atoms with E-state index in [0.29, 0.717) is 23.7 Å². The van der Waals surface area contributed by atoms with Crippen LogP contribution in [0.4, 0.5) is 0 Å². The third kappa shape index (κ3) is 3.25. The molecule has 0 spiro atoms. The van der Waals surface area contributed by atoms with Crippen LogP contribution in [0.3, 0.4) is 0 Å². The summed E-state index contributed by atoms with van der Waals surface area (Å²) < 4.78 is 0. The maximum absolute atomic E-state index is 12.2. The van der Waals surface area contributed by atoms with Crippen LogP contribution >= 0.6 is 0 Å². The van der Waals surface area contributed by atoms with E-state index in [4.69, 9.17) is 5.73 Å². The van der Waals surface area contributed by atoms with E-state index in [1.54, 1.807) is 0 Å². The Bertz CT molecular complexity index is 274. The lowest BCUT2D eigenvalue weighted by Gasteiger charge is -2.23. The molecule has 0 heterocycles. The predicted molar refractivity (Wildman–Crippen MR) is 74.0 cm³/mol. The van der Waals surface area contributed by atoms with Crippen molar-refractivity contribution >= 4 is 5.91 Å². The van der Waals surface area contributed by atoms with Crippen molar-refractivity contribution in [3.8, 4) is 0 Å². The van der Waals surface area contributed by atoms with E-state index in [-0.39, 0.29) is 0 Å². The number of carbonyl (C=O) groups excluding carboxylic acids is 1. The summed E-state index contributed by atoms with van der Waals surface area (Å²) in [7, 11) is 0. The van der Waals surface area contributed by atoms with Gasteiger partial charge in [-0.1, -0.05) is 19.8 Å². The van der Waals surface area contributed by atoms with Crippen LogP contribution in [-0.4, -0.2) is 19.0 Å². The number of fused-ring (bicyclic) bond motifs is 2. The summed E-state index contributed by atoms with van der Waals surface area (Å²) in [5.41, 5.74) is 5.62. The van der Waals surface area contributed by atoms with E-state index in [9.17, 15) is 4.79 Å². The van der Waals surface area contributed by atoms with Crippen LogP contribution < -0.4 is 11.1 Å². The fourth-order valence-electron chi connectivity index (χ4n) is 3.93. The van der Waals surface area contributed by atoms with Gasteiger partial charge in [-0.15, -0.1) is 0 Å². The third-order valence-corrected chi connectivity index (χ3v) is 4.91. The van der Waals surface area contributed by atoms with E-state index in [1.807, 2.05) is 0 Å². The van der Waals surface area contributed by atoms with E-state index >= 15 is 0 Å². The molecule has 3 N–H and O–H groups in total. The van der Waals surface area contributed by atoms with Crippen molar-refractivity contribution in [1.82, 2.24) is 5.32 Å². The SMILES string of the molecule is CCCC(CCN)CNC(=O)C1CC2CCC1C2. The summed E-state index contributed by atoms with van der Waals surface area (Å²) in [5.74, 6) is 2.75. The zero-order valence-corrected chi connectivity index (χ0v) is 11.7. The summed E-state index contributed by atoms with van der Waals surface area (Å²) in [5, 5.41) is 3.18. The highest BCUT2D eigenvalue weighted by atomic mass is 16.1. The van der Waals surface area contributed by atoms with Gasteiger partial charge in [-0.05, 0) is 56.4 Å². The number of carbonyl (C=O) groups is 1. The molecule has 0 radical (unpaired) electrons. The van der Waals surface area contributed by atoms with Crippen LogP contribution in [0.1, 0.15) is 51.9 Å². The summed E-state index contributed by atoms with van der Waals surface area (Å²) in [6.45, 7) is 3.76. The van der Waals surface area contributed by atoms with E-state index in [1.165, 1.54) is 32.1 Å². The maximum Gasteiger partial charge on any atom is 0.223 e. The first-order chi connectivity index (χ1) is 8.74. The van der Waals surface area contributed by atoms with Gasteiger partial charge < -0.3 is 11.1 Å². The van der Waals surface area contributed by atoms with Gasteiger partial charge in [-0.25, -0.2) is 0 Å². The molecule has 2 aliphatic carbocycles. The smallest absolute Gasteiger partial charge is 0.223 e. The fraction of sp³-hybridized carbons (Fsp3) is 0.933. The maximum atomic E-state index is 12.2. The van der Waals surface area contributed by atoms with Gasteiger partial charge in [-0.2, -0.15) is 0 Å². The van der Waals surface area contributed by atoms with Crippen LogP contribution in [0.5, 0.6) is 0 Å². The second-order valence-corrected chi connectivity index (χ2v) is 6.26. The predicted octanol–water partition coefficient (Wildman–Crippen LogP) is 2.30. The van der Waals surface area contributed by atoms with Gasteiger partial charge in [0.05, 0.1) is 0 Å². The molecule has 2 fully saturated rings. The summed E-state index contributed by atoms with van der Waals surface area (Å²) >= 11 is 0. The van der Waals surface area contributed by atoms with Gasteiger partial charge in [0.25, 0.3) is 0 Å². The van der Waals surface area contributed by atoms with Crippen molar-refractivity contribution in [2.24, 2.45) is 29.4 Å². The van der Waals surface area contributed by atoms with Crippen molar-refractivity contribution in [3.63, 3.8) is 0 Å². The number of rotatable bonds is 7. The molecule has 104 valence electrons. The molecule has 2 aliphatic rings. The Morgan fingerprint density at radius 2 is 2.17 bits per heavy atom. The second kappa shape index (κ2) is 6.55. The Balaban J connectivity index is 1.73. The van der Waals surface area contributed by atoms with Gasteiger partial charge in [0.2, 0.25) is 5.91 Å². The molecular weight excluding hydrogens is 224 g/mol. The quantitative estimate of drug-likeness (QED) is 0.730. The molecule has 1 amide bonds. The van der Waals surface area contributed by atoms with Crippen LogP contribution in [-0.2, 0) is 4.79 Å². The average molecular weight is 252 g/mol. The van der Waals surface area contributed by atoms with Crippen LogP contribution in [0.15, 0.2) is 0 Å². The Labute approximate surface area is 111 Å². The van der Waals surface area contributed by atoms with Crippen molar-refractivity contribution in [1.29, 1.82) is 0 Å². The summed E-state index contributed by atoms with van der Waals surface area (Å²) in [6.07, 6.45) is 8.48. The molecule has 0 aromatic heterocycles. The molecule has 4 atom stereocenters. The lowest BCUT2D eigenvalue weighted by atomic mass is 9.88. The fourth-order valence-corrected chi connectivity index (χ4v) is 3.93. The molecule has 0 aromatic rings. The lowest BCUT2D eigenvalue weighted by molar-refractivity contribution is -0.126. The van der Waals surface area contributed by atoms with E-state index in [2.05, 4.69) is 12.2 Å². The largest absolute Gasteiger partial charge is 0.356 e. The molecule has 0 saturated heterocycles. The minimum Gasteiger partial charge on any atom is -0.356 e. The molecule has 4 unspecified atom stereocenters. The lowest BCUT2D eigenvalue weighted by Crippen LogP contribution is -2.37. The first-order valence-corrected chi connectivity index (χ1v) is 7.72. The minimum atomic E-state index is 0.320. The number of amides is 1. The first-order valence-electron chi connectivity index (χ1n) is 7.72. The highest BCUT2D eigenvalue weighted by Gasteiger charge is 2.42. The Kier molecular flexibility index (Phi) is 5.04. The minimum absolute atomic E-state index is 0.320. The Hall–Kier alpha value is -0.570. The second-order valence-electron chi connectivity index (χ2n) is 6.26. The number of hydrogen-bond donors (Lipinski definition) is 2. The number of nitrogens with one attached hydrogen (secondary N) is 1. The molecule has 2 rings (SSSR count). The Morgan fingerprint density at radius 1 is 1.33 bits per heavy atom. The van der Waals surface area contributed by atoms with E-state index in [0.717, 1.165) is 31.8 Å². The molecule has 0 aliphatic heterocycles. The monoisotopic (exact) mass is 252 g/mol. The summed E-state index contributed by atoms with van der Waals surface area (Å²) in [6, 6.07) is 0. The van der Waals surface area contributed by atoms with Gasteiger partial charge in [-0.3, -0.25) is 4.79 Å². The molecule has 0 aromatic carbocycles. The van der Waals surface area contributed by atoms with Crippen molar-refractivity contribution in [2.75, 3.05) is 13.1 Å². The normalized spacial score (nSPS) is 31.6. The number of nitrogens with two attached hydrogens (primary N) is 1. The highest BCUT2D eigenvalue weighted by molar-refractivity contribution is 5.79. The summed E-state index contributed by atoms with van der Waals surface area (Å²) in [4.78, 5) is 12.2. The third-order valence-electron chi connectivity index (χ3n) is 4.91. The van der Waals surface area contributed by atoms with Crippen LogP contribution in [0.2, 0.25) is 0 Å². The molecule has 2 saturated carbocycles. The number of hydrogen-bond acceptors (Lipinski definition) is 2. The molecule has 3 heteroatoms.